The summed E-state index contributed by atoms with van der Waals surface area (Å²) >= 11 is 2.87. The highest BCUT2D eigenvalue weighted by molar-refractivity contribution is 9.10. The summed E-state index contributed by atoms with van der Waals surface area (Å²) < 4.78 is 42.9. The van der Waals surface area contributed by atoms with Crippen LogP contribution in [0.25, 0.3) is 0 Å². The van der Waals surface area contributed by atoms with Crippen LogP contribution in [-0.4, -0.2) is 6.61 Å². The number of alkyl halides is 3. The minimum Gasteiger partial charge on any atom is -0.493 e. The highest BCUT2D eigenvalue weighted by Crippen LogP contribution is 2.36. The molecule has 1 aromatic carbocycles. The standard InChI is InChI=1S/C11H12BrF3O/c1-7(2)6-16-8-3-4-10(12)9(5-8)11(13,14)15/h3-5,7H,6H2,1-2H3. The average Bonchev–Trinajstić information content (AvgIpc) is 2.14. The van der Waals surface area contributed by atoms with Gasteiger partial charge in [0.15, 0.2) is 0 Å². The fourth-order valence-corrected chi connectivity index (χ4v) is 1.55. The Hall–Kier alpha value is -0.710. The van der Waals surface area contributed by atoms with Crippen LogP contribution in [-0.2, 0) is 6.18 Å². The van der Waals surface area contributed by atoms with Crippen molar-refractivity contribution in [3.8, 4) is 5.75 Å². The first-order valence-corrected chi connectivity index (χ1v) is 5.59. The Morgan fingerprint density at radius 1 is 1.31 bits per heavy atom. The first kappa shape index (κ1) is 13.4. The van der Waals surface area contributed by atoms with E-state index in [0.29, 0.717) is 6.61 Å². The zero-order chi connectivity index (χ0) is 12.3. The summed E-state index contributed by atoms with van der Waals surface area (Å²) in [5, 5.41) is 0. The van der Waals surface area contributed by atoms with Gasteiger partial charge in [-0.25, -0.2) is 0 Å². The molecular weight excluding hydrogens is 285 g/mol. The van der Waals surface area contributed by atoms with Crippen molar-refractivity contribution in [2.24, 2.45) is 5.92 Å². The lowest BCUT2D eigenvalue weighted by molar-refractivity contribution is -0.138. The van der Waals surface area contributed by atoms with Crippen LogP contribution in [0.3, 0.4) is 0 Å². The summed E-state index contributed by atoms with van der Waals surface area (Å²) in [4.78, 5) is 0. The van der Waals surface area contributed by atoms with Crippen molar-refractivity contribution >= 4 is 15.9 Å². The van der Waals surface area contributed by atoms with E-state index in [2.05, 4.69) is 15.9 Å². The zero-order valence-electron chi connectivity index (χ0n) is 8.94. The molecule has 5 heteroatoms. The minimum absolute atomic E-state index is 0.0249. The molecule has 0 radical (unpaired) electrons. The summed E-state index contributed by atoms with van der Waals surface area (Å²) in [5.74, 6) is 0.516. The molecule has 0 atom stereocenters. The van der Waals surface area contributed by atoms with Gasteiger partial charge in [-0.05, 0) is 24.1 Å². The maximum Gasteiger partial charge on any atom is 0.417 e. The molecule has 1 aromatic rings. The van der Waals surface area contributed by atoms with Crippen LogP contribution < -0.4 is 4.74 Å². The molecule has 0 bridgehead atoms. The number of ether oxygens (including phenoxy) is 1. The number of rotatable bonds is 3. The van der Waals surface area contributed by atoms with Crippen LogP contribution in [0.2, 0.25) is 0 Å². The second-order valence-electron chi connectivity index (χ2n) is 3.84. The third-order valence-electron chi connectivity index (χ3n) is 1.83. The molecule has 0 saturated carbocycles. The topological polar surface area (TPSA) is 9.23 Å². The van der Waals surface area contributed by atoms with Crippen molar-refractivity contribution in [2.45, 2.75) is 20.0 Å². The third kappa shape index (κ3) is 3.70. The Labute approximate surface area is 101 Å². The van der Waals surface area contributed by atoms with Crippen LogP contribution >= 0.6 is 15.9 Å². The molecule has 0 spiro atoms. The second kappa shape index (κ2) is 5.08. The Bertz CT molecular complexity index is 361. The molecule has 0 heterocycles. The molecule has 1 rings (SSSR count). The van der Waals surface area contributed by atoms with E-state index in [4.69, 9.17) is 4.74 Å². The number of halogens is 4. The van der Waals surface area contributed by atoms with Gasteiger partial charge in [0.25, 0.3) is 0 Å². The number of hydrogen-bond acceptors (Lipinski definition) is 1. The van der Waals surface area contributed by atoms with Gasteiger partial charge in [-0.3, -0.25) is 0 Å². The SMILES string of the molecule is CC(C)COc1ccc(Br)c(C(F)(F)F)c1. The Morgan fingerprint density at radius 2 is 1.94 bits per heavy atom. The van der Waals surface area contributed by atoms with Gasteiger partial charge in [-0.2, -0.15) is 13.2 Å². The van der Waals surface area contributed by atoms with Gasteiger partial charge in [-0.15, -0.1) is 0 Å². The van der Waals surface area contributed by atoms with Gasteiger partial charge in [0.2, 0.25) is 0 Å². The fraction of sp³-hybridized carbons (Fsp3) is 0.455. The van der Waals surface area contributed by atoms with E-state index in [1.54, 1.807) is 0 Å². The minimum atomic E-state index is -4.37. The summed E-state index contributed by atoms with van der Waals surface area (Å²) in [5.41, 5.74) is -0.714. The van der Waals surface area contributed by atoms with Crippen LogP contribution in [0.4, 0.5) is 13.2 Å². The molecule has 0 aliphatic carbocycles. The monoisotopic (exact) mass is 296 g/mol. The lowest BCUT2D eigenvalue weighted by Crippen LogP contribution is -2.08. The normalized spacial score (nSPS) is 11.9. The Balaban J connectivity index is 2.90. The van der Waals surface area contributed by atoms with Crippen molar-refractivity contribution in [3.05, 3.63) is 28.2 Å². The first-order chi connectivity index (χ1) is 7.30. The summed E-state index contributed by atoms with van der Waals surface area (Å²) in [7, 11) is 0. The molecule has 1 nitrogen and oxygen atoms in total. The van der Waals surface area contributed by atoms with Crippen molar-refractivity contribution in [1.29, 1.82) is 0 Å². The molecule has 16 heavy (non-hydrogen) atoms. The molecule has 0 fully saturated rings. The molecule has 0 saturated heterocycles. The molecule has 0 aliphatic heterocycles. The van der Waals surface area contributed by atoms with E-state index >= 15 is 0 Å². The Morgan fingerprint density at radius 3 is 2.44 bits per heavy atom. The number of hydrogen-bond donors (Lipinski definition) is 0. The van der Waals surface area contributed by atoms with Gasteiger partial charge in [0, 0.05) is 4.47 Å². The van der Waals surface area contributed by atoms with Crippen LogP contribution in [0.1, 0.15) is 19.4 Å². The highest BCUT2D eigenvalue weighted by Gasteiger charge is 2.33. The predicted molar refractivity (Wildman–Crippen MR) is 59.5 cm³/mol. The maximum atomic E-state index is 12.5. The van der Waals surface area contributed by atoms with Gasteiger partial charge < -0.3 is 4.74 Å². The maximum absolute atomic E-state index is 12.5. The Kier molecular flexibility index (Phi) is 4.24. The van der Waals surface area contributed by atoms with Crippen LogP contribution in [0, 0.1) is 5.92 Å². The van der Waals surface area contributed by atoms with Gasteiger partial charge in [0.1, 0.15) is 5.75 Å². The molecule has 0 amide bonds. The highest BCUT2D eigenvalue weighted by atomic mass is 79.9. The lowest BCUT2D eigenvalue weighted by Gasteiger charge is -2.13. The summed E-state index contributed by atoms with van der Waals surface area (Å²) in [6.45, 7) is 4.27. The second-order valence-corrected chi connectivity index (χ2v) is 4.70. The van der Waals surface area contributed by atoms with Gasteiger partial charge in [-0.1, -0.05) is 29.8 Å². The summed E-state index contributed by atoms with van der Waals surface area (Å²) in [6.07, 6.45) is -4.37. The summed E-state index contributed by atoms with van der Waals surface area (Å²) in [6, 6.07) is 3.87. The molecule has 0 unspecified atom stereocenters. The third-order valence-corrected chi connectivity index (χ3v) is 2.52. The smallest absolute Gasteiger partial charge is 0.417 e. The van der Waals surface area contributed by atoms with Crippen LogP contribution in [0.5, 0.6) is 5.75 Å². The quantitative estimate of drug-likeness (QED) is 0.798. The van der Waals surface area contributed by atoms with E-state index in [1.165, 1.54) is 12.1 Å². The molecule has 0 N–H and O–H groups in total. The van der Waals surface area contributed by atoms with Crippen molar-refractivity contribution in [1.82, 2.24) is 0 Å². The molecular formula is C11H12BrF3O. The van der Waals surface area contributed by atoms with Crippen LogP contribution in [0.15, 0.2) is 22.7 Å². The van der Waals surface area contributed by atoms with Crippen molar-refractivity contribution in [2.75, 3.05) is 6.61 Å². The van der Waals surface area contributed by atoms with Crippen molar-refractivity contribution < 1.29 is 17.9 Å². The average molecular weight is 297 g/mol. The van der Waals surface area contributed by atoms with E-state index in [-0.39, 0.29) is 16.1 Å². The van der Waals surface area contributed by atoms with Crippen molar-refractivity contribution in [3.63, 3.8) is 0 Å². The fourth-order valence-electron chi connectivity index (χ4n) is 1.07. The largest absolute Gasteiger partial charge is 0.493 e. The number of benzene rings is 1. The first-order valence-electron chi connectivity index (χ1n) is 4.80. The molecule has 90 valence electrons. The van der Waals surface area contributed by atoms with Gasteiger partial charge >= 0.3 is 6.18 Å². The van der Waals surface area contributed by atoms with E-state index in [9.17, 15) is 13.2 Å². The van der Waals surface area contributed by atoms with E-state index in [1.807, 2.05) is 13.8 Å². The molecule has 0 aliphatic rings. The van der Waals surface area contributed by atoms with E-state index < -0.39 is 11.7 Å². The van der Waals surface area contributed by atoms with E-state index in [0.717, 1.165) is 6.07 Å². The van der Waals surface area contributed by atoms with Gasteiger partial charge in [0.05, 0.1) is 12.2 Å². The molecule has 0 aromatic heterocycles. The predicted octanol–water partition coefficient (Wildman–Crippen LogP) is 4.50. The lowest BCUT2D eigenvalue weighted by atomic mass is 10.2. The zero-order valence-corrected chi connectivity index (χ0v) is 10.5.